The third-order valence-corrected chi connectivity index (χ3v) is 3.76. The second-order valence-electron chi connectivity index (χ2n) is 5.23. The van der Waals surface area contributed by atoms with E-state index in [2.05, 4.69) is 14.9 Å². The lowest BCUT2D eigenvalue weighted by Crippen LogP contribution is -2.34. The van der Waals surface area contributed by atoms with Crippen molar-refractivity contribution in [1.82, 2.24) is 14.9 Å². The maximum Gasteiger partial charge on any atom is 0.254 e. The highest BCUT2D eigenvalue weighted by molar-refractivity contribution is 5.94. The van der Waals surface area contributed by atoms with Crippen LogP contribution in [0.25, 0.3) is 0 Å². The van der Waals surface area contributed by atoms with Gasteiger partial charge in [-0.1, -0.05) is 0 Å². The van der Waals surface area contributed by atoms with Gasteiger partial charge in [-0.2, -0.15) is 0 Å². The molecule has 1 aliphatic heterocycles. The minimum Gasteiger partial charge on any atom is -0.352 e. The predicted octanol–water partition coefficient (Wildman–Crippen LogP) is 2.15. The fraction of sp³-hybridized carbons (Fsp3) is 0.333. The second kappa shape index (κ2) is 5.63. The van der Waals surface area contributed by atoms with Crippen molar-refractivity contribution in [2.24, 2.45) is 5.92 Å². The van der Waals surface area contributed by atoms with Crippen LogP contribution in [0.15, 0.2) is 30.6 Å². The van der Waals surface area contributed by atoms with Gasteiger partial charge in [-0.15, -0.1) is 0 Å². The van der Waals surface area contributed by atoms with Gasteiger partial charge in [0.25, 0.3) is 5.91 Å². The van der Waals surface area contributed by atoms with Crippen LogP contribution in [0.4, 0.5) is 8.78 Å². The molecule has 0 spiro atoms. The third kappa shape index (κ3) is 2.94. The van der Waals surface area contributed by atoms with Crippen molar-refractivity contribution in [2.75, 3.05) is 6.54 Å². The lowest BCUT2D eigenvalue weighted by Gasteiger charge is -2.24. The number of halogens is 2. The number of aryl methyl sites for hydroxylation is 1. The summed E-state index contributed by atoms with van der Waals surface area (Å²) in [5.41, 5.74) is -0.255. The Bertz CT molecular complexity index is 669. The molecule has 0 aliphatic carbocycles. The molecule has 1 unspecified atom stereocenters. The van der Waals surface area contributed by atoms with Crippen molar-refractivity contribution < 1.29 is 13.6 Å². The number of benzene rings is 1. The number of carbonyl (C=O) groups excluding carboxylic acids is 1. The third-order valence-electron chi connectivity index (χ3n) is 3.76. The highest BCUT2D eigenvalue weighted by atomic mass is 19.1. The number of nitrogens with one attached hydrogen (secondary N) is 1. The van der Waals surface area contributed by atoms with E-state index in [0.29, 0.717) is 6.54 Å². The molecule has 0 fully saturated rings. The van der Waals surface area contributed by atoms with Crippen LogP contribution < -0.4 is 5.32 Å². The predicted molar refractivity (Wildman–Crippen MR) is 72.7 cm³/mol. The normalized spacial score (nSPS) is 17.3. The summed E-state index contributed by atoms with van der Waals surface area (Å²) in [5, 5.41) is 2.68. The van der Waals surface area contributed by atoms with Gasteiger partial charge >= 0.3 is 0 Å². The van der Waals surface area contributed by atoms with Gasteiger partial charge in [-0.25, -0.2) is 13.8 Å². The molecule has 4 nitrogen and oxygen atoms in total. The zero-order chi connectivity index (χ0) is 14.8. The van der Waals surface area contributed by atoms with Gasteiger partial charge in [0.15, 0.2) is 0 Å². The Morgan fingerprint density at radius 1 is 1.43 bits per heavy atom. The maximum absolute atomic E-state index is 13.5. The number of aromatic nitrogens is 2. The van der Waals surface area contributed by atoms with Gasteiger partial charge in [-0.05, 0) is 30.5 Å². The van der Waals surface area contributed by atoms with Crippen LogP contribution in [0.2, 0.25) is 0 Å². The van der Waals surface area contributed by atoms with Crippen molar-refractivity contribution in [2.45, 2.75) is 19.4 Å². The number of nitrogens with zero attached hydrogens (tertiary/aromatic N) is 2. The van der Waals surface area contributed by atoms with Crippen molar-refractivity contribution >= 4 is 5.91 Å². The SMILES string of the molecule is O=C(NCC1CCc2nccn2C1)c1cc(F)ccc1F. The Labute approximate surface area is 120 Å². The van der Waals surface area contributed by atoms with Crippen LogP contribution in [0.5, 0.6) is 0 Å². The zero-order valence-corrected chi connectivity index (χ0v) is 11.4. The number of rotatable bonds is 3. The van der Waals surface area contributed by atoms with Crippen LogP contribution in [0, 0.1) is 17.6 Å². The van der Waals surface area contributed by atoms with Crippen LogP contribution >= 0.6 is 0 Å². The maximum atomic E-state index is 13.5. The molecule has 1 aromatic heterocycles. The Morgan fingerprint density at radius 3 is 3.14 bits per heavy atom. The van der Waals surface area contributed by atoms with Crippen molar-refractivity contribution in [3.63, 3.8) is 0 Å². The van der Waals surface area contributed by atoms with Crippen LogP contribution in [-0.2, 0) is 13.0 Å². The average molecular weight is 291 g/mol. The van der Waals surface area contributed by atoms with Gasteiger partial charge in [0, 0.05) is 31.9 Å². The van der Waals surface area contributed by atoms with Crippen LogP contribution in [-0.4, -0.2) is 22.0 Å². The summed E-state index contributed by atoms with van der Waals surface area (Å²) in [4.78, 5) is 16.2. The van der Waals surface area contributed by atoms with E-state index < -0.39 is 17.5 Å². The largest absolute Gasteiger partial charge is 0.352 e. The zero-order valence-electron chi connectivity index (χ0n) is 11.4. The van der Waals surface area contributed by atoms with Gasteiger partial charge in [0.2, 0.25) is 0 Å². The summed E-state index contributed by atoms with van der Waals surface area (Å²) in [5.74, 6) is -0.596. The minimum atomic E-state index is -0.713. The highest BCUT2D eigenvalue weighted by Gasteiger charge is 2.20. The molecular formula is C15H15F2N3O. The van der Waals surface area contributed by atoms with E-state index in [9.17, 15) is 13.6 Å². The Hall–Kier alpha value is -2.24. The van der Waals surface area contributed by atoms with E-state index in [1.165, 1.54) is 0 Å². The lowest BCUT2D eigenvalue weighted by atomic mass is 9.99. The lowest BCUT2D eigenvalue weighted by molar-refractivity contribution is 0.0939. The fourth-order valence-corrected chi connectivity index (χ4v) is 2.61. The summed E-state index contributed by atoms with van der Waals surface area (Å²) in [6.45, 7) is 1.22. The van der Waals surface area contributed by atoms with Crippen LogP contribution in [0.1, 0.15) is 22.6 Å². The summed E-state index contributed by atoms with van der Waals surface area (Å²) in [6, 6.07) is 2.87. The standard InChI is InChI=1S/C15H15F2N3O/c16-11-2-3-13(17)12(7-11)15(21)19-8-10-1-4-14-18-5-6-20(14)9-10/h2-3,5-7,10H,1,4,8-9H2,(H,19,21). The van der Waals surface area contributed by atoms with E-state index in [1.54, 1.807) is 6.20 Å². The van der Waals surface area contributed by atoms with E-state index in [-0.39, 0.29) is 11.5 Å². The molecule has 1 aromatic carbocycles. The van der Waals surface area contributed by atoms with Crippen molar-refractivity contribution in [1.29, 1.82) is 0 Å². The van der Waals surface area contributed by atoms with Gasteiger partial charge < -0.3 is 9.88 Å². The van der Waals surface area contributed by atoms with E-state index in [1.807, 2.05) is 6.20 Å². The number of carbonyl (C=O) groups is 1. The number of amides is 1. The van der Waals surface area contributed by atoms with E-state index in [0.717, 1.165) is 43.4 Å². The molecule has 2 heterocycles. The highest BCUT2D eigenvalue weighted by Crippen LogP contribution is 2.18. The first-order chi connectivity index (χ1) is 10.1. The van der Waals surface area contributed by atoms with Crippen molar-refractivity contribution in [3.05, 3.63) is 53.6 Å². The number of fused-ring (bicyclic) bond motifs is 1. The average Bonchev–Trinajstić information content (AvgIpc) is 2.94. The van der Waals surface area contributed by atoms with E-state index >= 15 is 0 Å². The first-order valence-corrected chi connectivity index (χ1v) is 6.87. The van der Waals surface area contributed by atoms with Gasteiger partial charge in [-0.3, -0.25) is 4.79 Å². The first-order valence-electron chi connectivity index (χ1n) is 6.87. The molecule has 1 N–H and O–H groups in total. The number of hydrogen-bond donors (Lipinski definition) is 1. The van der Waals surface area contributed by atoms with Crippen LogP contribution in [0.3, 0.4) is 0 Å². The topological polar surface area (TPSA) is 46.9 Å². The molecule has 0 saturated heterocycles. The second-order valence-corrected chi connectivity index (χ2v) is 5.23. The van der Waals surface area contributed by atoms with E-state index in [4.69, 9.17) is 0 Å². The smallest absolute Gasteiger partial charge is 0.254 e. The molecule has 0 radical (unpaired) electrons. The molecule has 0 saturated carbocycles. The molecule has 6 heteroatoms. The molecule has 2 aromatic rings. The molecule has 1 atom stereocenters. The van der Waals surface area contributed by atoms with Crippen molar-refractivity contribution in [3.8, 4) is 0 Å². The summed E-state index contributed by atoms with van der Waals surface area (Å²) in [6.07, 6.45) is 5.46. The molecule has 0 bridgehead atoms. The molecule has 1 aliphatic rings. The monoisotopic (exact) mass is 291 g/mol. The quantitative estimate of drug-likeness (QED) is 0.942. The number of hydrogen-bond acceptors (Lipinski definition) is 2. The molecule has 110 valence electrons. The fourth-order valence-electron chi connectivity index (χ4n) is 2.61. The summed E-state index contributed by atoms with van der Waals surface area (Å²) < 4.78 is 28.6. The molecule has 21 heavy (non-hydrogen) atoms. The first kappa shape index (κ1) is 13.7. The Balaban J connectivity index is 1.61. The molecule has 3 rings (SSSR count). The minimum absolute atomic E-state index is 0.255. The summed E-state index contributed by atoms with van der Waals surface area (Å²) >= 11 is 0. The summed E-state index contributed by atoms with van der Waals surface area (Å²) in [7, 11) is 0. The Kier molecular flexibility index (Phi) is 3.68. The molecular weight excluding hydrogens is 276 g/mol. The molecule has 1 amide bonds. The van der Waals surface area contributed by atoms with Gasteiger partial charge in [0.1, 0.15) is 17.5 Å². The number of imidazole rings is 1. The Morgan fingerprint density at radius 2 is 2.29 bits per heavy atom. The van der Waals surface area contributed by atoms with Gasteiger partial charge in [0.05, 0.1) is 5.56 Å².